The molecule has 0 aromatic heterocycles. The first-order valence-corrected chi connectivity index (χ1v) is 9.20. The largest absolute Gasteiger partial charge is 0.312 e. The number of aryl methyl sites for hydroxylation is 1. The third-order valence-corrected chi connectivity index (χ3v) is 5.33. The highest BCUT2D eigenvalue weighted by atomic mass is 32.2. The standard InChI is InChI=1S/C16H24N2O3S/c1-12(2)8-9-17-22(20,21)15-6-7-16-14(11-15)5-4-10-18(16)13(3)19/h6-7,11-12,17H,4-5,8-10H2,1-3H3. The van der Waals surface area contributed by atoms with Crippen LogP contribution in [0.2, 0.25) is 0 Å². The lowest BCUT2D eigenvalue weighted by atomic mass is 10.0. The minimum absolute atomic E-state index is 0.00776. The summed E-state index contributed by atoms with van der Waals surface area (Å²) in [5.74, 6) is 0.446. The van der Waals surface area contributed by atoms with E-state index >= 15 is 0 Å². The summed E-state index contributed by atoms with van der Waals surface area (Å²) in [7, 11) is -3.48. The highest BCUT2D eigenvalue weighted by Crippen LogP contribution is 2.29. The minimum Gasteiger partial charge on any atom is -0.312 e. The van der Waals surface area contributed by atoms with Gasteiger partial charge in [0.25, 0.3) is 0 Å². The van der Waals surface area contributed by atoms with E-state index in [1.54, 1.807) is 23.1 Å². The van der Waals surface area contributed by atoms with E-state index in [9.17, 15) is 13.2 Å². The number of sulfonamides is 1. The summed E-state index contributed by atoms with van der Waals surface area (Å²) in [6.45, 7) is 6.79. The smallest absolute Gasteiger partial charge is 0.240 e. The number of nitrogens with one attached hydrogen (secondary N) is 1. The molecule has 0 atom stereocenters. The maximum Gasteiger partial charge on any atom is 0.240 e. The van der Waals surface area contributed by atoms with Gasteiger partial charge in [0.1, 0.15) is 0 Å². The van der Waals surface area contributed by atoms with E-state index in [1.807, 2.05) is 0 Å². The average Bonchev–Trinajstić information content (AvgIpc) is 2.45. The average molecular weight is 324 g/mol. The number of hydrogen-bond acceptors (Lipinski definition) is 3. The lowest BCUT2D eigenvalue weighted by Gasteiger charge is -2.28. The van der Waals surface area contributed by atoms with Crippen LogP contribution in [-0.4, -0.2) is 27.4 Å². The lowest BCUT2D eigenvalue weighted by Crippen LogP contribution is -2.33. The fourth-order valence-electron chi connectivity index (χ4n) is 2.63. The number of hydrogen-bond donors (Lipinski definition) is 1. The van der Waals surface area contributed by atoms with Gasteiger partial charge in [-0.05, 0) is 48.9 Å². The molecule has 5 nitrogen and oxygen atoms in total. The number of anilines is 1. The number of carbonyl (C=O) groups is 1. The van der Waals surface area contributed by atoms with E-state index in [4.69, 9.17) is 0 Å². The number of rotatable bonds is 5. The van der Waals surface area contributed by atoms with Gasteiger partial charge in [-0.2, -0.15) is 0 Å². The molecule has 0 aliphatic carbocycles. The van der Waals surface area contributed by atoms with Crippen molar-refractivity contribution in [3.63, 3.8) is 0 Å². The monoisotopic (exact) mass is 324 g/mol. The molecule has 0 spiro atoms. The second kappa shape index (κ2) is 6.79. The van der Waals surface area contributed by atoms with Gasteiger partial charge in [0.05, 0.1) is 4.90 Å². The number of carbonyl (C=O) groups excluding carboxylic acids is 1. The molecule has 1 aromatic carbocycles. The molecule has 122 valence electrons. The highest BCUT2D eigenvalue weighted by Gasteiger charge is 2.22. The van der Waals surface area contributed by atoms with Crippen LogP contribution in [0, 0.1) is 5.92 Å². The molecule has 1 aliphatic rings. The van der Waals surface area contributed by atoms with Gasteiger partial charge in [-0.15, -0.1) is 0 Å². The van der Waals surface area contributed by atoms with Crippen LogP contribution in [0.25, 0.3) is 0 Å². The van der Waals surface area contributed by atoms with Gasteiger partial charge in [0.2, 0.25) is 15.9 Å². The van der Waals surface area contributed by atoms with Crippen molar-refractivity contribution < 1.29 is 13.2 Å². The molecule has 6 heteroatoms. The van der Waals surface area contributed by atoms with Crippen LogP contribution < -0.4 is 9.62 Å². The minimum atomic E-state index is -3.48. The van der Waals surface area contributed by atoms with Crippen LogP contribution in [0.4, 0.5) is 5.69 Å². The summed E-state index contributed by atoms with van der Waals surface area (Å²) >= 11 is 0. The van der Waals surface area contributed by atoms with Crippen LogP contribution in [0.1, 0.15) is 39.2 Å². The zero-order chi connectivity index (χ0) is 16.3. The van der Waals surface area contributed by atoms with Crippen molar-refractivity contribution in [1.82, 2.24) is 4.72 Å². The number of nitrogens with zero attached hydrogens (tertiary/aromatic N) is 1. The Morgan fingerprint density at radius 2 is 2.09 bits per heavy atom. The predicted molar refractivity (Wildman–Crippen MR) is 87.4 cm³/mol. The van der Waals surface area contributed by atoms with Gasteiger partial charge in [0.15, 0.2) is 0 Å². The van der Waals surface area contributed by atoms with Gasteiger partial charge >= 0.3 is 0 Å². The Kier molecular flexibility index (Phi) is 5.24. The van der Waals surface area contributed by atoms with Crippen LogP contribution >= 0.6 is 0 Å². The molecule has 0 fully saturated rings. The molecule has 1 N–H and O–H groups in total. The van der Waals surface area contributed by atoms with Crippen LogP contribution in [0.15, 0.2) is 23.1 Å². The normalized spacial score (nSPS) is 15.0. The highest BCUT2D eigenvalue weighted by molar-refractivity contribution is 7.89. The number of benzene rings is 1. The first-order valence-electron chi connectivity index (χ1n) is 7.72. The fourth-order valence-corrected chi connectivity index (χ4v) is 3.73. The topological polar surface area (TPSA) is 66.5 Å². The van der Waals surface area contributed by atoms with Crippen LogP contribution in [0.5, 0.6) is 0 Å². The molecule has 0 unspecified atom stereocenters. The van der Waals surface area contributed by atoms with Gasteiger partial charge < -0.3 is 4.90 Å². The molecule has 0 radical (unpaired) electrons. The Morgan fingerprint density at radius 1 is 1.36 bits per heavy atom. The quantitative estimate of drug-likeness (QED) is 0.904. The first-order chi connectivity index (χ1) is 10.3. The summed E-state index contributed by atoms with van der Waals surface area (Å²) in [6, 6.07) is 5.02. The van der Waals surface area contributed by atoms with E-state index in [1.165, 1.54) is 6.92 Å². The molecule has 0 bridgehead atoms. The van der Waals surface area contributed by atoms with Gasteiger partial charge in [0, 0.05) is 25.7 Å². The van der Waals surface area contributed by atoms with E-state index in [0.29, 0.717) is 19.0 Å². The zero-order valence-electron chi connectivity index (χ0n) is 13.4. The Labute approximate surface area is 132 Å². The lowest BCUT2D eigenvalue weighted by molar-refractivity contribution is -0.116. The summed E-state index contributed by atoms with van der Waals surface area (Å²) < 4.78 is 27.3. The zero-order valence-corrected chi connectivity index (χ0v) is 14.2. The van der Waals surface area contributed by atoms with E-state index in [0.717, 1.165) is 30.5 Å². The van der Waals surface area contributed by atoms with Crippen molar-refractivity contribution >= 4 is 21.6 Å². The van der Waals surface area contributed by atoms with Crippen molar-refractivity contribution in [2.45, 2.75) is 44.9 Å². The molecule has 0 saturated heterocycles. The summed E-state index contributed by atoms with van der Waals surface area (Å²) in [5.41, 5.74) is 1.76. The van der Waals surface area contributed by atoms with Gasteiger partial charge in [-0.1, -0.05) is 13.8 Å². The molecule has 1 aliphatic heterocycles. The van der Waals surface area contributed by atoms with E-state index in [-0.39, 0.29) is 10.8 Å². The Morgan fingerprint density at radius 3 is 2.73 bits per heavy atom. The van der Waals surface area contributed by atoms with Crippen molar-refractivity contribution in [2.75, 3.05) is 18.0 Å². The van der Waals surface area contributed by atoms with E-state index < -0.39 is 10.0 Å². The number of amides is 1. The van der Waals surface area contributed by atoms with Gasteiger partial charge in [-0.3, -0.25) is 4.79 Å². The SMILES string of the molecule is CC(=O)N1CCCc2cc(S(=O)(=O)NCCC(C)C)ccc21. The van der Waals surface area contributed by atoms with Crippen molar-refractivity contribution in [1.29, 1.82) is 0 Å². The number of fused-ring (bicyclic) bond motifs is 1. The third-order valence-electron chi connectivity index (χ3n) is 3.87. The van der Waals surface area contributed by atoms with Crippen molar-refractivity contribution in [2.24, 2.45) is 5.92 Å². The first kappa shape index (κ1) is 17.0. The van der Waals surface area contributed by atoms with Crippen molar-refractivity contribution in [3.8, 4) is 0 Å². The van der Waals surface area contributed by atoms with Gasteiger partial charge in [-0.25, -0.2) is 13.1 Å². The molecular formula is C16H24N2O3S. The molecule has 1 aromatic rings. The van der Waals surface area contributed by atoms with Crippen LogP contribution in [0.3, 0.4) is 0 Å². The fraction of sp³-hybridized carbons (Fsp3) is 0.562. The maximum absolute atomic E-state index is 12.3. The molecule has 22 heavy (non-hydrogen) atoms. The Balaban J connectivity index is 2.22. The molecule has 0 saturated carbocycles. The molecule has 1 heterocycles. The summed E-state index contributed by atoms with van der Waals surface area (Å²) in [4.78, 5) is 13.6. The second-order valence-corrected chi connectivity index (χ2v) is 7.91. The molecule has 1 amide bonds. The maximum atomic E-state index is 12.3. The second-order valence-electron chi connectivity index (χ2n) is 6.15. The third kappa shape index (κ3) is 3.87. The van der Waals surface area contributed by atoms with Crippen molar-refractivity contribution in [3.05, 3.63) is 23.8 Å². The predicted octanol–water partition coefficient (Wildman–Crippen LogP) is 2.31. The summed E-state index contributed by atoms with van der Waals surface area (Å²) in [5, 5.41) is 0. The molecular weight excluding hydrogens is 300 g/mol. The molecule has 2 rings (SSSR count). The summed E-state index contributed by atoms with van der Waals surface area (Å²) in [6.07, 6.45) is 2.47. The van der Waals surface area contributed by atoms with E-state index in [2.05, 4.69) is 18.6 Å². The van der Waals surface area contributed by atoms with Crippen LogP contribution in [-0.2, 0) is 21.2 Å². The Hall–Kier alpha value is -1.40. The Bertz CT molecular complexity index is 653.